The van der Waals surface area contributed by atoms with Crippen LogP contribution in [0, 0.1) is 0 Å². The van der Waals surface area contributed by atoms with Gasteiger partial charge in [-0.05, 0) is 18.2 Å². The van der Waals surface area contributed by atoms with Gasteiger partial charge in [0.15, 0.2) is 0 Å². The van der Waals surface area contributed by atoms with E-state index < -0.39 is 0 Å². The smallest absolute Gasteiger partial charge is 0.245 e. The highest BCUT2D eigenvalue weighted by Crippen LogP contribution is 2.27. The summed E-state index contributed by atoms with van der Waals surface area (Å²) < 4.78 is 5.97. The zero-order valence-corrected chi connectivity index (χ0v) is 12.2. The average Bonchev–Trinajstić information content (AvgIpc) is 2.49. The first-order valence-electron chi connectivity index (χ1n) is 7.04. The predicted molar refractivity (Wildman–Crippen MR) is 81.2 cm³/mol. The van der Waals surface area contributed by atoms with E-state index in [2.05, 4.69) is 11.9 Å². The molecule has 0 radical (unpaired) electrons. The van der Waals surface area contributed by atoms with Crippen molar-refractivity contribution in [1.29, 1.82) is 0 Å². The number of amides is 2. The minimum absolute atomic E-state index is 0.0351. The largest absolute Gasteiger partial charge is 0.488 e. The van der Waals surface area contributed by atoms with Crippen molar-refractivity contribution < 1.29 is 14.3 Å². The van der Waals surface area contributed by atoms with E-state index in [1.807, 2.05) is 24.3 Å². The van der Waals surface area contributed by atoms with Crippen LogP contribution in [0.15, 0.2) is 36.9 Å². The number of likely N-dealkylation sites (tertiary alicyclic amines) is 1. The van der Waals surface area contributed by atoms with Crippen LogP contribution in [-0.4, -0.2) is 35.9 Å². The van der Waals surface area contributed by atoms with Crippen molar-refractivity contribution in [3.63, 3.8) is 0 Å². The summed E-state index contributed by atoms with van der Waals surface area (Å²) >= 11 is 0. The van der Waals surface area contributed by atoms with Gasteiger partial charge in [0.05, 0.1) is 5.69 Å². The van der Waals surface area contributed by atoms with Crippen LogP contribution in [0.5, 0.6) is 5.75 Å². The SMILES string of the molecule is C=CC(=O)N1CCC(Oc2ccccc2NC(C)=O)CC1. The number of piperidine rings is 1. The van der Waals surface area contributed by atoms with Crippen LogP contribution < -0.4 is 10.1 Å². The first kappa shape index (κ1) is 15.1. The maximum absolute atomic E-state index is 11.5. The molecule has 1 fully saturated rings. The molecule has 0 aromatic heterocycles. The Labute approximate surface area is 124 Å². The standard InChI is InChI=1S/C16H20N2O3/c1-3-16(20)18-10-8-13(9-11-18)21-15-7-5-4-6-14(15)17-12(2)19/h3-7,13H,1,8-11H2,2H3,(H,17,19). The maximum atomic E-state index is 11.5. The van der Waals surface area contributed by atoms with Gasteiger partial charge in [-0.3, -0.25) is 9.59 Å². The van der Waals surface area contributed by atoms with E-state index in [4.69, 9.17) is 4.74 Å². The molecule has 0 spiro atoms. The number of hydrogen-bond acceptors (Lipinski definition) is 3. The first-order chi connectivity index (χ1) is 10.1. The van der Waals surface area contributed by atoms with E-state index >= 15 is 0 Å². The van der Waals surface area contributed by atoms with Crippen molar-refractivity contribution in [2.75, 3.05) is 18.4 Å². The number of ether oxygens (including phenoxy) is 1. The van der Waals surface area contributed by atoms with Gasteiger partial charge in [-0.1, -0.05) is 18.7 Å². The van der Waals surface area contributed by atoms with Gasteiger partial charge in [0.2, 0.25) is 11.8 Å². The molecule has 2 amide bonds. The van der Waals surface area contributed by atoms with Crippen molar-refractivity contribution in [3.05, 3.63) is 36.9 Å². The van der Waals surface area contributed by atoms with Crippen molar-refractivity contribution in [2.45, 2.75) is 25.9 Å². The van der Waals surface area contributed by atoms with Gasteiger partial charge < -0.3 is 15.0 Å². The van der Waals surface area contributed by atoms with Crippen LogP contribution in [-0.2, 0) is 9.59 Å². The van der Waals surface area contributed by atoms with E-state index in [1.165, 1.54) is 13.0 Å². The summed E-state index contributed by atoms with van der Waals surface area (Å²) in [5.74, 6) is 0.505. The molecule has 1 aromatic carbocycles. The van der Waals surface area contributed by atoms with E-state index in [-0.39, 0.29) is 17.9 Å². The number of para-hydroxylation sites is 2. The van der Waals surface area contributed by atoms with Gasteiger partial charge >= 0.3 is 0 Å². The fourth-order valence-electron chi connectivity index (χ4n) is 2.37. The Morgan fingerprint density at radius 1 is 1.33 bits per heavy atom. The number of nitrogens with zero attached hydrogens (tertiary/aromatic N) is 1. The van der Waals surface area contributed by atoms with Gasteiger partial charge in [0, 0.05) is 32.9 Å². The molecule has 5 nitrogen and oxygen atoms in total. The molecule has 2 rings (SSSR count). The molecule has 1 aliphatic rings. The van der Waals surface area contributed by atoms with Crippen molar-refractivity contribution >= 4 is 17.5 Å². The second kappa shape index (κ2) is 6.92. The van der Waals surface area contributed by atoms with Crippen LogP contribution in [0.2, 0.25) is 0 Å². The number of hydrogen-bond donors (Lipinski definition) is 1. The summed E-state index contributed by atoms with van der Waals surface area (Å²) in [7, 11) is 0. The molecule has 0 unspecified atom stereocenters. The Morgan fingerprint density at radius 2 is 2.00 bits per heavy atom. The van der Waals surface area contributed by atoms with E-state index in [0.717, 1.165) is 12.8 Å². The minimum atomic E-state index is -0.127. The Bertz CT molecular complexity index is 534. The van der Waals surface area contributed by atoms with Crippen molar-refractivity contribution in [1.82, 2.24) is 4.90 Å². The van der Waals surface area contributed by atoms with Gasteiger partial charge in [0.1, 0.15) is 11.9 Å². The van der Waals surface area contributed by atoms with E-state index in [0.29, 0.717) is 24.5 Å². The highest BCUT2D eigenvalue weighted by molar-refractivity contribution is 5.90. The molecule has 0 atom stereocenters. The fraction of sp³-hybridized carbons (Fsp3) is 0.375. The molecule has 0 bridgehead atoms. The topological polar surface area (TPSA) is 58.6 Å². The molecule has 1 N–H and O–H groups in total. The summed E-state index contributed by atoms with van der Waals surface area (Å²) in [4.78, 5) is 24.5. The van der Waals surface area contributed by atoms with Gasteiger partial charge in [-0.2, -0.15) is 0 Å². The van der Waals surface area contributed by atoms with Crippen LogP contribution in [0.1, 0.15) is 19.8 Å². The summed E-state index contributed by atoms with van der Waals surface area (Å²) in [6.45, 7) is 6.30. The Balaban J connectivity index is 1.96. The molecule has 112 valence electrons. The normalized spacial score (nSPS) is 15.4. The minimum Gasteiger partial charge on any atom is -0.488 e. The zero-order valence-electron chi connectivity index (χ0n) is 12.2. The molecular weight excluding hydrogens is 268 g/mol. The number of rotatable bonds is 4. The lowest BCUT2D eigenvalue weighted by Gasteiger charge is -2.31. The lowest BCUT2D eigenvalue weighted by atomic mass is 10.1. The second-order valence-electron chi connectivity index (χ2n) is 5.02. The molecule has 1 heterocycles. The molecule has 5 heteroatoms. The summed E-state index contributed by atoms with van der Waals surface area (Å²) in [6.07, 6.45) is 2.93. The number of carbonyl (C=O) groups excluding carboxylic acids is 2. The van der Waals surface area contributed by atoms with Crippen LogP contribution in [0.4, 0.5) is 5.69 Å². The highest BCUT2D eigenvalue weighted by Gasteiger charge is 2.23. The second-order valence-corrected chi connectivity index (χ2v) is 5.02. The zero-order chi connectivity index (χ0) is 15.2. The van der Waals surface area contributed by atoms with Crippen LogP contribution >= 0.6 is 0 Å². The summed E-state index contributed by atoms with van der Waals surface area (Å²) in [5, 5.41) is 2.76. The number of benzene rings is 1. The van der Waals surface area contributed by atoms with Crippen LogP contribution in [0.25, 0.3) is 0 Å². The Hall–Kier alpha value is -2.30. The molecular formula is C16H20N2O3. The summed E-state index contributed by atoms with van der Waals surface area (Å²) in [5.41, 5.74) is 0.676. The Morgan fingerprint density at radius 3 is 2.62 bits per heavy atom. The summed E-state index contributed by atoms with van der Waals surface area (Å²) in [6, 6.07) is 7.38. The lowest BCUT2D eigenvalue weighted by Crippen LogP contribution is -2.41. The molecule has 0 saturated carbocycles. The van der Waals surface area contributed by atoms with Crippen LogP contribution in [0.3, 0.4) is 0 Å². The maximum Gasteiger partial charge on any atom is 0.245 e. The highest BCUT2D eigenvalue weighted by atomic mass is 16.5. The third-order valence-electron chi connectivity index (χ3n) is 3.42. The number of carbonyl (C=O) groups is 2. The monoisotopic (exact) mass is 288 g/mol. The molecule has 1 aromatic rings. The first-order valence-corrected chi connectivity index (χ1v) is 7.04. The van der Waals surface area contributed by atoms with Gasteiger partial charge in [-0.15, -0.1) is 0 Å². The lowest BCUT2D eigenvalue weighted by molar-refractivity contribution is -0.127. The van der Waals surface area contributed by atoms with Crippen molar-refractivity contribution in [3.8, 4) is 5.75 Å². The predicted octanol–water partition coefficient (Wildman–Crippen LogP) is 2.20. The van der Waals surface area contributed by atoms with E-state index in [1.54, 1.807) is 4.90 Å². The van der Waals surface area contributed by atoms with E-state index in [9.17, 15) is 9.59 Å². The number of anilines is 1. The van der Waals surface area contributed by atoms with Crippen molar-refractivity contribution in [2.24, 2.45) is 0 Å². The molecule has 1 saturated heterocycles. The molecule has 1 aliphatic heterocycles. The molecule has 0 aliphatic carbocycles. The Kier molecular flexibility index (Phi) is 4.98. The quantitative estimate of drug-likeness (QED) is 0.864. The molecule has 21 heavy (non-hydrogen) atoms. The average molecular weight is 288 g/mol. The third-order valence-corrected chi connectivity index (χ3v) is 3.42. The van der Waals surface area contributed by atoms with Gasteiger partial charge in [-0.25, -0.2) is 0 Å². The number of nitrogens with one attached hydrogen (secondary N) is 1. The fourth-order valence-corrected chi connectivity index (χ4v) is 2.37. The third kappa shape index (κ3) is 4.08. The van der Waals surface area contributed by atoms with Gasteiger partial charge in [0.25, 0.3) is 0 Å².